The van der Waals surface area contributed by atoms with Crippen LogP contribution in [0.5, 0.6) is 0 Å². The second kappa shape index (κ2) is 8.37. The topological polar surface area (TPSA) is 113 Å². The lowest BCUT2D eigenvalue weighted by Crippen LogP contribution is -2.19. The molecular weight excluding hydrogens is 332 g/mol. The van der Waals surface area contributed by atoms with E-state index in [0.717, 1.165) is 17.1 Å². The van der Waals surface area contributed by atoms with Crippen molar-refractivity contribution < 1.29 is 19.4 Å². The molecule has 1 aromatic carbocycles. The molecule has 1 atom stereocenters. The zero-order chi connectivity index (χ0) is 17.5. The van der Waals surface area contributed by atoms with E-state index < -0.39 is 12.0 Å². The van der Waals surface area contributed by atoms with E-state index in [1.54, 1.807) is 25.3 Å². The number of aromatic nitrogens is 2. The minimum Gasteiger partial charge on any atom is -0.481 e. The first-order chi connectivity index (χ1) is 11.5. The van der Waals surface area contributed by atoms with E-state index in [2.05, 4.69) is 20.0 Å². The average molecular weight is 350 g/mol. The average Bonchev–Trinajstić information content (AvgIpc) is 3.00. The van der Waals surface area contributed by atoms with Crippen LogP contribution in [0.25, 0.3) is 0 Å². The summed E-state index contributed by atoms with van der Waals surface area (Å²) in [6, 6.07) is 6.59. The van der Waals surface area contributed by atoms with E-state index in [9.17, 15) is 9.59 Å². The highest BCUT2D eigenvalue weighted by molar-refractivity contribution is 7.09. The lowest BCUT2D eigenvalue weighted by atomic mass is 10.1. The molecule has 2 aromatic rings. The molecule has 1 heterocycles. The smallest absolute Gasteiger partial charge is 0.325 e. The molecule has 0 aliphatic carbocycles. The van der Waals surface area contributed by atoms with Gasteiger partial charge in [0, 0.05) is 30.8 Å². The quantitative estimate of drug-likeness (QED) is 0.707. The Bertz CT molecular complexity index is 719. The van der Waals surface area contributed by atoms with Crippen LogP contribution < -0.4 is 10.6 Å². The van der Waals surface area contributed by atoms with E-state index in [4.69, 9.17) is 9.84 Å². The summed E-state index contributed by atoms with van der Waals surface area (Å²) in [5, 5.41) is 14.4. The van der Waals surface area contributed by atoms with Crippen molar-refractivity contribution in [1.29, 1.82) is 0 Å². The van der Waals surface area contributed by atoms with Crippen LogP contribution in [0.4, 0.5) is 15.6 Å². The van der Waals surface area contributed by atoms with Gasteiger partial charge in [0.15, 0.2) is 5.82 Å². The molecule has 0 aliphatic rings. The van der Waals surface area contributed by atoms with Crippen LogP contribution in [0.15, 0.2) is 24.3 Å². The first-order valence-electron chi connectivity index (χ1n) is 7.23. The maximum Gasteiger partial charge on any atom is 0.325 e. The summed E-state index contributed by atoms with van der Waals surface area (Å²) in [5.74, 6) is -0.350. The largest absolute Gasteiger partial charge is 0.481 e. The van der Waals surface area contributed by atoms with Crippen LogP contribution in [0.2, 0.25) is 0 Å². The normalized spacial score (nSPS) is 11.8. The van der Waals surface area contributed by atoms with Gasteiger partial charge in [0.25, 0.3) is 0 Å². The number of nitrogens with zero attached hydrogens (tertiary/aromatic N) is 2. The van der Waals surface area contributed by atoms with Crippen molar-refractivity contribution in [3.05, 3.63) is 35.7 Å². The number of aryl methyl sites for hydroxylation is 1. The molecule has 0 fully saturated rings. The number of carboxylic acid groups (broad SMARTS) is 1. The van der Waals surface area contributed by atoms with Crippen LogP contribution in [0.1, 0.15) is 30.8 Å². The number of ether oxygens (including phenoxy) is 1. The Morgan fingerprint density at radius 2 is 2.17 bits per heavy atom. The van der Waals surface area contributed by atoms with Crippen molar-refractivity contribution in [3.8, 4) is 0 Å². The molecule has 128 valence electrons. The highest BCUT2D eigenvalue weighted by Gasteiger charge is 2.13. The summed E-state index contributed by atoms with van der Waals surface area (Å²) in [6.45, 7) is 1.81. The second-order valence-corrected chi connectivity index (χ2v) is 5.76. The number of aliphatic carboxylic acids is 1. The second-order valence-electron chi connectivity index (χ2n) is 5.01. The molecule has 0 spiro atoms. The zero-order valence-corrected chi connectivity index (χ0v) is 14.1. The number of hydrogen-bond donors (Lipinski definition) is 3. The molecule has 0 saturated carbocycles. The van der Waals surface area contributed by atoms with Gasteiger partial charge < -0.3 is 15.2 Å². The summed E-state index contributed by atoms with van der Waals surface area (Å²) in [4.78, 5) is 26.8. The first-order valence-corrected chi connectivity index (χ1v) is 8.00. The number of nitrogens with one attached hydrogen (secondary N) is 2. The van der Waals surface area contributed by atoms with E-state index in [-0.39, 0.29) is 12.5 Å². The molecule has 1 unspecified atom stereocenters. The summed E-state index contributed by atoms with van der Waals surface area (Å²) < 4.78 is 9.22. The Morgan fingerprint density at radius 3 is 2.88 bits per heavy atom. The van der Waals surface area contributed by atoms with Crippen LogP contribution >= 0.6 is 11.5 Å². The van der Waals surface area contributed by atoms with Gasteiger partial charge in [-0.05, 0) is 31.0 Å². The Balaban J connectivity index is 1.93. The predicted octanol–water partition coefficient (Wildman–Crippen LogP) is 2.91. The van der Waals surface area contributed by atoms with E-state index in [1.807, 2.05) is 13.0 Å². The van der Waals surface area contributed by atoms with E-state index in [1.165, 1.54) is 0 Å². The minimum atomic E-state index is -0.858. The van der Waals surface area contributed by atoms with Crippen LogP contribution in [0.3, 0.4) is 0 Å². The highest BCUT2D eigenvalue weighted by atomic mass is 32.1. The summed E-state index contributed by atoms with van der Waals surface area (Å²) in [7, 11) is 1.56. The van der Waals surface area contributed by atoms with Crippen molar-refractivity contribution in [1.82, 2.24) is 9.36 Å². The molecule has 2 amide bonds. The number of methoxy groups -OCH3 is 1. The number of anilines is 2. The van der Waals surface area contributed by atoms with Gasteiger partial charge in [-0.2, -0.15) is 4.37 Å². The molecule has 0 aliphatic heterocycles. The van der Waals surface area contributed by atoms with Gasteiger partial charge in [0.2, 0.25) is 5.13 Å². The van der Waals surface area contributed by atoms with Gasteiger partial charge in [-0.3, -0.25) is 10.1 Å². The number of carboxylic acids is 1. The molecular formula is C15H18N4O4S. The number of urea groups is 1. The maximum absolute atomic E-state index is 12.0. The Hall–Kier alpha value is -2.52. The van der Waals surface area contributed by atoms with Gasteiger partial charge in [-0.25, -0.2) is 9.78 Å². The van der Waals surface area contributed by atoms with Gasteiger partial charge in [0.05, 0.1) is 0 Å². The third-order valence-electron chi connectivity index (χ3n) is 3.19. The number of hydrogen-bond acceptors (Lipinski definition) is 6. The highest BCUT2D eigenvalue weighted by Crippen LogP contribution is 2.19. The van der Waals surface area contributed by atoms with Crippen molar-refractivity contribution in [2.24, 2.45) is 0 Å². The van der Waals surface area contributed by atoms with E-state index >= 15 is 0 Å². The molecule has 24 heavy (non-hydrogen) atoms. The molecule has 0 bridgehead atoms. The molecule has 9 heteroatoms. The lowest BCUT2D eigenvalue weighted by Gasteiger charge is -2.07. The molecule has 0 radical (unpaired) electrons. The monoisotopic (exact) mass is 350 g/mol. The Labute approximate surface area is 143 Å². The van der Waals surface area contributed by atoms with Crippen molar-refractivity contribution >= 4 is 34.4 Å². The van der Waals surface area contributed by atoms with E-state index in [0.29, 0.717) is 23.1 Å². The molecule has 3 N–H and O–H groups in total. The van der Waals surface area contributed by atoms with Gasteiger partial charge in [-0.1, -0.05) is 12.1 Å². The molecule has 0 saturated heterocycles. The van der Waals surface area contributed by atoms with Crippen molar-refractivity contribution in [3.63, 3.8) is 0 Å². The van der Waals surface area contributed by atoms with Crippen molar-refractivity contribution in [2.75, 3.05) is 17.7 Å². The Morgan fingerprint density at radius 1 is 1.38 bits per heavy atom. The number of benzene rings is 1. The first kappa shape index (κ1) is 17.8. The van der Waals surface area contributed by atoms with Crippen LogP contribution in [0, 0.1) is 0 Å². The Kier molecular flexibility index (Phi) is 6.21. The van der Waals surface area contributed by atoms with Gasteiger partial charge >= 0.3 is 12.0 Å². The van der Waals surface area contributed by atoms with Crippen LogP contribution in [-0.2, 0) is 16.0 Å². The third kappa shape index (κ3) is 5.28. The SMILES string of the molecule is COC(C)c1nsc(NC(=O)Nc2cccc(CCC(=O)O)c2)n1. The number of carbonyl (C=O) groups excluding carboxylic acids is 1. The van der Waals surface area contributed by atoms with Crippen molar-refractivity contribution in [2.45, 2.75) is 25.9 Å². The predicted molar refractivity (Wildman–Crippen MR) is 90.4 cm³/mol. The fraction of sp³-hybridized carbons (Fsp3) is 0.333. The molecule has 1 aromatic heterocycles. The number of carbonyl (C=O) groups is 2. The van der Waals surface area contributed by atoms with Gasteiger partial charge in [0.1, 0.15) is 6.10 Å². The maximum atomic E-state index is 12.0. The zero-order valence-electron chi connectivity index (χ0n) is 13.3. The number of rotatable bonds is 7. The molecule has 2 rings (SSSR count). The minimum absolute atomic E-state index is 0.0426. The summed E-state index contributed by atoms with van der Waals surface area (Å²) in [6.07, 6.45) is 0.202. The third-order valence-corrected chi connectivity index (χ3v) is 3.84. The lowest BCUT2D eigenvalue weighted by molar-refractivity contribution is -0.136. The van der Waals surface area contributed by atoms with Crippen LogP contribution in [-0.4, -0.2) is 33.6 Å². The standard InChI is InChI=1S/C15H18N4O4S/c1-9(23-2)13-17-15(24-19-13)18-14(22)16-11-5-3-4-10(8-11)6-7-12(20)21/h3-5,8-9H,6-7H2,1-2H3,(H,20,21)(H2,16,17,18,19,22). The summed E-state index contributed by atoms with van der Waals surface area (Å²) in [5.41, 5.74) is 1.41. The number of amides is 2. The summed E-state index contributed by atoms with van der Waals surface area (Å²) >= 11 is 1.07. The fourth-order valence-electron chi connectivity index (χ4n) is 1.87. The van der Waals surface area contributed by atoms with Gasteiger partial charge in [-0.15, -0.1) is 0 Å². The molecule has 8 nitrogen and oxygen atoms in total. The fourth-order valence-corrected chi connectivity index (χ4v) is 2.51.